The molecular weight excluding hydrogens is 224 g/mol. The maximum Gasteiger partial charge on any atom is 0.0686 e. The molecule has 2 aliphatic rings. The van der Waals surface area contributed by atoms with Gasteiger partial charge in [-0.05, 0) is 44.4 Å². The molecule has 0 bridgehead atoms. The van der Waals surface area contributed by atoms with Crippen LogP contribution in [0, 0.1) is 5.92 Å². The first kappa shape index (κ1) is 12.7. The number of rotatable bonds is 4. The van der Waals surface area contributed by atoms with E-state index < -0.39 is 0 Å². The van der Waals surface area contributed by atoms with E-state index in [2.05, 4.69) is 0 Å². The summed E-state index contributed by atoms with van der Waals surface area (Å²) in [6, 6.07) is 0. The van der Waals surface area contributed by atoms with Crippen LogP contribution >= 0.6 is 11.6 Å². The van der Waals surface area contributed by atoms with Gasteiger partial charge in [0.05, 0.1) is 11.7 Å². The van der Waals surface area contributed by atoms with Crippen LogP contribution in [0.4, 0.5) is 0 Å². The van der Waals surface area contributed by atoms with Gasteiger partial charge in [0, 0.05) is 12.5 Å². The van der Waals surface area contributed by atoms with Crippen molar-refractivity contribution in [3.05, 3.63) is 0 Å². The Balaban J connectivity index is 1.85. The lowest BCUT2D eigenvalue weighted by molar-refractivity contribution is -0.113. The van der Waals surface area contributed by atoms with Crippen molar-refractivity contribution in [3.8, 4) is 0 Å². The molecule has 1 aliphatic heterocycles. The van der Waals surface area contributed by atoms with Gasteiger partial charge < -0.3 is 9.84 Å². The zero-order valence-electron chi connectivity index (χ0n) is 9.96. The van der Waals surface area contributed by atoms with Crippen LogP contribution in [-0.4, -0.2) is 29.3 Å². The lowest BCUT2D eigenvalue weighted by atomic mass is 9.80. The lowest BCUT2D eigenvalue weighted by Crippen LogP contribution is -2.41. The molecule has 2 fully saturated rings. The molecule has 1 spiro atoms. The summed E-state index contributed by atoms with van der Waals surface area (Å²) in [5.41, 5.74) is 0.130. The number of hydrogen-bond acceptors (Lipinski definition) is 2. The zero-order chi connectivity index (χ0) is 11.4. The van der Waals surface area contributed by atoms with E-state index in [9.17, 15) is 5.11 Å². The van der Waals surface area contributed by atoms with Crippen molar-refractivity contribution >= 4 is 11.6 Å². The summed E-state index contributed by atoms with van der Waals surface area (Å²) in [7, 11) is 0. The average molecular weight is 247 g/mol. The second-order valence-corrected chi connectivity index (χ2v) is 5.77. The second-order valence-electron chi connectivity index (χ2n) is 5.39. The van der Waals surface area contributed by atoms with Gasteiger partial charge in [-0.3, -0.25) is 0 Å². The summed E-state index contributed by atoms with van der Waals surface area (Å²) < 4.78 is 5.97. The Morgan fingerprint density at radius 2 is 2.12 bits per heavy atom. The average Bonchev–Trinajstić information content (AvgIpc) is 2.74. The lowest BCUT2D eigenvalue weighted by Gasteiger charge is -2.40. The highest BCUT2D eigenvalue weighted by Crippen LogP contribution is 2.43. The minimum Gasteiger partial charge on any atom is -0.393 e. The first-order chi connectivity index (χ1) is 7.76. The molecule has 1 heterocycles. The third-order valence-corrected chi connectivity index (χ3v) is 4.49. The maximum atomic E-state index is 10.1. The van der Waals surface area contributed by atoms with Crippen LogP contribution < -0.4 is 0 Å². The number of halogens is 1. The molecule has 94 valence electrons. The Morgan fingerprint density at radius 1 is 1.38 bits per heavy atom. The van der Waals surface area contributed by atoms with Gasteiger partial charge in [-0.1, -0.05) is 12.8 Å². The second kappa shape index (κ2) is 5.70. The first-order valence-corrected chi connectivity index (χ1v) is 7.17. The monoisotopic (exact) mass is 246 g/mol. The molecule has 16 heavy (non-hydrogen) atoms. The van der Waals surface area contributed by atoms with Crippen LogP contribution in [0.1, 0.15) is 51.4 Å². The van der Waals surface area contributed by atoms with Gasteiger partial charge in [-0.25, -0.2) is 0 Å². The maximum absolute atomic E-state index is 10.1. The highest BCUT2D eigenvalue weighted by molar-refractivity contribution is 6.17. The van der Waals surface area contributed by atoms with E-state index in [1.807, 2.05) is 0 Å². The van der Waals surface area contributed by atoms with Gasteiger partial charge in [0.15, 0.2) is 0 Å². The van der Waals surface area contributed by atoms with E-state index in [0.29, 0.717) is 11.8 Å². The van der Waals surface area contributed by atoms with Crippen LogP contribution in [0.25, 0.3) is 0 Å². The van der Waals surface area contributed by atoms with Crippen LogP contribution in [0.3, 0.4) is 0 Å². The summed E-state index contributed by atoms with van der Waals surface area (Å²) in [5.74, 6) is 1.10. The highest BCUT2D eigenvalue weighted by atomic mass is 35.5. The van der Waals surface area contributed by atoms with Crippen molar-refractivity contribution < 1.29 is 9.84 Å². The van der Waals surface area contributed by atoms with Crippen LogP contribution in [0.2, 0.25) is 0 Å². The number of ether oxygens (including phenoxy) is 1. The molecule has 1 saturated carbocycles. The van der Waals surface area contributed by atoms with Crippen molar-refractivity contribution in [1.82, 2.24) is 0 Å². The van der Waals surface area contributed by atoms with Crippen molar-refractivity contribution in [1.29, 1.82) is 0 Å². The largest absolute Gasteiger partial charge is 0.393 e. The minimum absolute atomic E-state index is 0.130. The summed E-state index contributed by atoms with van der Waals surface area (Å²) in [5, 5.41) is 10.1. The Bertz CT molecular complexity index is 214. The van der Waals surface area contributed by atoms with Crippen molar-refractivity contribution in [2.75, 3.05) is 12.5 Å². The topological polar surface area (TPSA) is 29.5 Å². The number of aliphatic hydroxyl groups excluding tert-OH is 1. The summed E-state index contributed by atoms with van der Waals surface area (Å²) in [6.07, 6.45) is 8.69. The summed E-state index contributed by atoms with van der Waals surface area (Å²) in [6.45, 7) is 0.836. The number of alkyl halides is 1. The zero-order valence-corrected chi connectivity index (χ0v) is 10.7. The predicted molar refractivity (Wildman–Crippen MR) is 65.8 cm³/mol. The van der Waals surface area contributed by atoms with Crippen molar-refractivity contribution in [2.45, 2.75) is 63.1 Å². The van der Waals surface area contributed by atoms with E-state index in [-0.39, 0.29) is 11.7 Å². The molecule has 0 aromatic rings. The molecule has 1 saturated heterocycles. The fourth-order valence-corrected chi connectivity index (χ4v) is 3.44. The van der Waals surface area contributed by atoms with Crippen LogP contribution in [-0.2, 0) is 4.74 Å². The molecule has 2 nitrogen and oxygen atoms in total. The highest BCUT2D eigenvalue weighted by Gasteiger charge is 2.41. The fraction of sp³-hybridized carbons (Fsp3) is 1.00. The third kappa shape index (κ3) is 2.91. The van der Waals surface area contributed by atoms with Gasteiger partial charge in [-0.15, -0.1) is 11.6 Å². The van der Waals surface area contributed by atoms with E-state index >= 15 is 0 Å². The summed E-state index contributed by atoms with van der Waals surface area (Å²) in [4.78, 5) is 0. The number of hydrogen-bond donors (Lipinski definition) is 1. The summed E-state index contributed by atoms with van der Waals surface area (Å²) >= 11 is 5.67. The molecule has 0 aromatic heterocycles. The molecule has 3 heteroatoms. The fourth-order valence-electron chi connectivity index (χ4n) is 3.28. The standard InChI is InChI=1S/C13H23ClO2/c14-8-3-4-12(15)11-5-9-16-13(10-11)6-1-2-7-13/h11-12,15H,1-10H2. The SMILES string of the molecule is OC(CCCCl)C1CCOC2(CCCC2)C1. The molecule has 1 N–H and O–H groups in total. The molecule has 0 radical (unpaired) electrons. The Labute approximate surface area is 103 Å². The van der Waals surface area contributed by atoms with Crippen molar-refractivity contribution in [3.63, 3.8) is 0 Å². The van der Waals surface area contributed by atoms with E-state index in [4.69, 9.17) is 16.3 Å². The number of aliphatic hydroxyl groups is 1. The quantitative estimate of drug-likeness (QED) is 0.773. The molecular formula is C13H23ClO2. The van der Waals surface area contributed by atoms with Crippen LogP contribution in [0.5, 0.6) is 0 Å². The normalized spacial score (nSPS) is 30.8. The van der Waals surface area contributed by atoms with Gasteiger partial charge in [0.1, 0.15) is 0 Å². The molecule has 2 atom stereocenters. The van der Waals surface area contributed by atoms with E-state index in [1.54, 1.807) is 0 Å². The smallest absolute Gasteiger partial charge is 0.0686 e. The van der Waals surface area contributed by atoms with Gasteiger partial charge in [-0.2, -0.15) is 0 Å². The molecule has 2 unspecified atom stereocenters. The van der Waals surface area contributed by atoms with E-state index in [1.165, 1.54) is 25.7 Å². The minimum atomic E-state index is -0.167. The van der Waals surface area contributed by atoms with Crippen molar-refractivity contribution in [2.24, 2.45) is 5.92 Å². The Kier molecular flexibility index (Phi) is 4.51. The third-order valence-electron chi connectivity index (χ3n) is 4.22. The molecule has 1 aliphatic carbocycles. The molecule has 0 amide bonds. The molecule has 0 aromatic carbocycles. The van der Waals surface area contributed by atoms with Gasteiger partial charge >= 0.3 is 0 Å². The van der Waals surface area contributed by atoms with Gasteiger partial charge in [0.25, 0.3) is 0 Å². The first-order valence-electron chi connectivity index (χ1n) is 6.64. The predicted octanol–water partition coefficient (Wildman–Crippen LogP) is 3.11. The van der Waals surface area contributed by atoms with E-state index in [0.717, 1.165) is 32.3 Å². The molecule has 2 rings (SSSR count). The van der Waals surface area contributed by atoms with Gasteiger partial charge in [0.2, 0.25) is 0 Å². The Hall–Kier alpha value is 0.210. The van der Waals surface area contributed by atoms with Crippen LogP contribution in [0.15, 0.2) is 0 Å². The Morgan fingerprint density at radius 3 is 2.81 bits per heavy atom.